The first-order valence-electron chi connectivity index (χ1n) is 8.83. The van der Waals surface area contributed by atoms with Gasteiger partial charge in [-0.05, 0) is 29.2 Å². The van der Waals surface area contributed by atoms with Crippen LogP contribution in [0, 0.1) is 0 Å². The zero-order valence-corrected chi connectivity index (χ0v) is 14.4. The molecule has 5 heteroatoms. The number of hydrogen-bond donors (Lipinski definition) is 2. The highest BCUT2D eigenvalue weighted by atomic mass is 16.3. The van der Waals surface area contributed by atoms with E-state index in [-0.39, 0.29) is 18.7 Å². The molecule has 0 saturated heterocycles. The Kier molecular flexibility index (Phi) is 4.54. The van der Waals surface area contributed by atoms with Gasteiger partial charge in [0.2, 0.25) is 0 Å². The van der Waals surface area contributed by atoms with Gasteiger partial charge in [0.25, 0.3) is 0 Å². The summed E-state index contributed by atoms with van der Waals surface area (Å²) in [5, 5.41) is 13.9. The van der Waals surface area contributed by atoms with Gasteiger partial charge in [-0.1, -0.05) is 48.5 Å². The number of rotatable bonds is 3. The Morgan fingerprint density at radius 1 is 1.15 bits per heavy atom. The second-order valence-corrected chi connectivity index (χ2v) is 6.49. The van der Waals surface area contributed by atoms with Crippen LogP contribution in [0.2, 0.25) is 0 Å². The normalized spacial score (nSPS) is 16.3. The third-order valence-corrected chi connectivity index (χ3v) is 4.99. The van der Waals surface area contributed by atoms with Crippen LogP contribution < -0.4 is 5.32 Å². The Labute approximate surface area is 152 Å². The van der Waals surface area contributed by atoms with E-state index in [1.54, 1.807) is 11.1 Å². The van der Waals surface area contributed by atoms with E-state index in [1.807, 2.05) is 48.5 Å². The van der Waals surface area contributed by atoms with Crippen molar-refractivity contribution in [3.8, 4) is 0 Å². The number of aliphatic hydroxyl groups is 1. The molecule has 26 heavy (non-hydrogen) atoms. The van der Waals surface area contributed by atoms with Crippen molar-refractivity contribution in [3.05, 3.63) is 77.5 Å². The van der Waals surface area contributed by atoms with Gasteiger partial charge in [-0.3, -0.25) is 4.98 Å². The minimum Gasteiger partial charge on any atom is -0.394 e. The van der Waals surface area contributed by atoms with Gasteiger partial charge in [-0.2, -0.15) is 0 Å². The van der Waals surface area contributed by atoms with E-state index >= 15 is 0 Å². The molecule has 0 spiro atoms. The minimum atomic E-state index is -0.300. The fourth-order valence-electron chi connectivity index (χ4n) is 3.67. The zero-order valence-electron chi connectivity index (χ0n) is 14.4. The molecule has 1 atom stereocenters. The van der Waals surface area contributed by atoms with Crippen LogP contribution in [0.4, 0.5) is 4.79 Å². The molecule has 3 aromatic rings. The van der Waals surface area contributed by atoms with Gasteiger partial charge >= 0.3 is 6.03 Å². The Bertz CT molecular complexity index is 936. The highest BCUT2D eigenvalue weighted by Gasteiger charge is 2.29. The van der Waals surface area contributed by atoms with Crippen molar-refractivity contribution in [2.45, 2.75) is 19.0 Å². The molecule has 2 heterocycles. The van der Waals surface area contributed by atoms with Gasteiger partial charge in [-0.25, -0.2) is 4.79 Å². The predicted molar refractivity (Wildman–Crippen MR) is 101 cm³/mol. The molecule has 5 nitrogen and oxygen atoms in total. The average Bonchev–Trinajstić information content (AvgIpc) is 2.71. The molecule has 0 aliphatic carbocycles. The summed E-state index contributed by atoms with van der Waals surface area (Å²) in [6.45, 7) is 0.922. The third-order valence-electron chi connectivity index (χ3n) is 4.99. The van der Waals surface area contributed by atoms with Gasteiger partial charge < -0.3 is 15.3 Å². The number of carbonyl (C=O) groups excluding carboxylic acids is 1. The zero-order chi connectivity index (χ0) is 17.9. The van der Waals surface area contributed by atoms with Crippen molar-refractivity contribution in [2.75, 3.05) is 13.2 Å². The largest absolute Gasteiger partial charge is 0.394 e. The first-order chi connectivity index (χ1) is 12.8. The molecule has 1 aliphatic heterocycles. The number of benzene rings is 2. The number of nitrogens with zero attached hydrogens (tertiary/aromatic N) is 2. The van der Waals surface area contributed by atoms with Gasteiger partial charge in [0.15, 0.2) is 0 Å². The number of aromatic nitrogens is 1. The highest BCUT2D eigenvalue weighted by molar-refractivity contribution is 5.82. The van der Waals surface area contributed by atoms with E-state index < -0.39 is 0 Å². The molecule has 2 amide bonds. The van der Waals surface area contributed by atoms with Gasteiger partial charge in [0, 0.05) is 24.7 Å². The summed E-state index contributed by atoms with van der Waals surface area (Å²) in [5.74, 6) is 0. The van der Waals surface area contributed by atoms with Gasteiger partial charge in [-0.15, -0.1) is 0 Å². The second kappa shape index (κ2) is 7.14. The molecule has 2 aromatic carbocycles. The first-order valence-corrected chi connectivity index (χ1v) is 8.83. The summed E-state index contributed by atoms with van der Waals surface area (Å²) in [6.07, 6.45) is 2.56. The number of carbonyl (C=O) groups is 1. The van der Waals surface area contributed by atoms with Crippen LogP contribution in [0.15, 0.2) is 60.8 Å². The molecule has 1 aromatic heterocycles. The molecule has 0 bridgehead atoms. The minimum absolute atomic E-state index is 0.0831. The first kappa shape index (κ1) is 16.5. The van der Waals surface area contributed by atoms with Crippen molar-refractivity contribution in [3.63, 3.8) is 0 Å². The average molecular weight is 347 g/mol. The maximum atomic E-state index is 12.8. The topological polar surface area (TPSA) is 65.5 Å². The Hall–Kier alpha value is -2.92. The molecule has 1 aliphatic rings. The summed E-state index contributed by atoms with van der Waals surface area (Å²) in [7, 11) is 0. The molecule has 132 valence electrons. The molecule has 0 fully saturated rings. The maximum Gasteiger partial charge on any atom is 0.318 e. The SMILES string of the molecule is O=C(NCc1cccc2cccnc12)N1CCc2ccccc2[C@H]1CO. The van der Waals surface area contributed by atoms with E-state index in [1.165, 1.54) is 5.56 Å². The molecule has 0 unspecified atom stereocenters. The number of urea groups is 1. The smallest absolute Gasteiger partial charge is 0.318 e. The monoisotopic (exact) mass is 347 g/mol. The summed E-state index contributed by atoms with van der Waals surface area (Å²) >= 11 is 0. The van der Waals surface area contributed by atoms with E-state index in [4.69, 9.17) is 0 Å². The van der Waals surface area contributed by atoms with E-state index in [0.29, 0.717) is 13.1 Å². The molecular formula is C21H21N3O2. The van der Waals surface area contributed by atoms with E-state index in [2.05, 4.69) is 16.4 Å². The van der Waals surface area contributed by atoms with Crippen molar-refractivity contribution >= 4 is 16.9 Å². The number of fused-ring (bicyclic) bond motifs is 2. The lowest BCUT2D eigenvalue weighted by molar-refractivity contribution is 0.127. The molecule has 0 radical (unpaired) electrons. The Balaban J connectivity index is 1.51. The van der Waals surface area contributed by atoms with Crippen molar-refractivity contribution < 1.29 is 9.90 Å². The van der Waals surface area contributed by atoms with Crippen LogP contribution in [0.5, 0.6) is 0 Å². The standard InChI is InChI=1S/C21H21N3O2/c25-14-19-18-9-2-1-5-15(18)10-12-24(19)21(26)23-13-17-7-3-6-16-8-4-11-22-20(16)17/h1-9,11,19,25H,10,12-14H2,(H,23,26)/t19-/m1/s1. The van der Waals surface area contributed by atoms with Crippen LogP contribution in [-0.4, -0.2) is 34.2 Å². The van der Waals surface area contributed by atoms with E-state index in [9.17, 15) is 9.90 Å². The van der Waals surface area contributed by atoms with Crippen molar-refractivity contribution in [1.29, 1.82) is 0 Å². The maximum absolute atomic E-state index is 12.8. The van der Waals surface area contributed by atoms with Gasteiger partial charge in [0.05, 0.1) is 18.2 Å². The van der Waals surface area contributed by atoms with Crippen LogP contribution in [-0.2, 0) is 13.0 Å². The number of para-hydroxylation sites is 1. The molecule has 2 N–H and O–H groups in total. The number of amides is 2. The number of pyridine rings is 1. The second-order valence-electron chi connectivity index (χ2n) is 6.49. The van der Waals surface area contributed by atoms with Crippen molar-refractivity contribution in [1.82, 2.24) is 15.2 Å². The van der Waals surface area contributed by atoms with Crippen molar-refractivity contribution in [2.24, 2.45) is 0 Å². The van der Waals surface area contributed by atoms with Crippen LogP contribution >= 0.6 is 0 Å². The number of hydrogen-bond acceptors (Lipinski definition) is 3. The molecule has 4 rings (SSSR count). The fourth-order valence-corrected chi connectivity index (χ4v) is 3.67. The van der Waals surface area contributed by atoms with E-state index in [0.717, 1.165) is 28.5 Å². The third kappa shape index (κ3) is 3.02. The van der Waals surface area contributed by atoms with Crippen LogP contribution in [0.25, 0.3) is 10.9 Å². The molecular weight excluding hydrogens is 326 g/mol. The lowest BCUT2D eigenvalue weighted by Crippen LogP contribution is -2.46. The molecule has 0 saturated carbocycles. The fraction of sp³-hybridized carbons (Fsp3) is 0.238. The predicted octanol–water partition coefficient (Wildman–Crippen LogP) is 3.04. The Morgan fingerprint density at radius 3 is 2.88 bits per heavy atom. The Morgan fingerprint density at radius 2 is 2.00 bits per heavy atom. The highest BCUT2D eigenvalue weighted by Crippen LogP contribution is 2.29. The summed E-state index contributed by atoms with van der Waals surface area (Å²) < 4.78 is 0. The summed E-state index contributed by atoms with van der Waals surface area (Å²) in [6, 6.07) is 17.4. The lowest BCUT2D eigenvalue weighted by atomic mass is 9.93. The van der Waals surface area contributed by atoms with Crippen LogP contribution in [0.3, 0.4) is 0 Å². The quantitative estimate of drug-likeness (QED) is 0.765. The number of nitrogens with one attached hydrogen (secondary N) is 1. The summed E-state index contributed by atoms with van der Waals surface area (Å²) in [5.41, 5.74) is 4.12. The number of aliphatic hydroxyl groups excluding tert-OH is 1. The lowest BCUT2D eigenvalue weighted by Gasteiger charge is -2.36. The van der Waals surface area contributed by atoms with Crippen LogP contribution in [0.1, 0.15) is 22.7 Å². The summed E-state index contributed by atoms with van der Waals surface area (Å²) in [4.78, 5) is 18.9. The van der Waals surface area contributed by atoms with Gasteiger partial charge in [0.1, 0.15) is 0 Å².